The van der Waals surface area contributed by atoms with E-state index in [1.165, 1.54) is 0 Å². The number of fused-ring (bicyclic) bond motifs is 5. The Bertz CT molecular complexity index is 3090. The van der Waals surface area contributed by atoms with Crippen molar-refractivity contribution in [1.82, 2.24) is 24.5 Å². The first-order chi connectivity index (χ1) is 31.0. The number of hydrogen-bond acceptors (Lipinski definition) is 8. The Morgan fingerprint density at radius 3 is 1.42 bits per heavy atom. The maximum absolute atomic E-state index is 6.44. The van der Waals surface area contributed by atoms with E-state index in [1.807, 2.05) is 114 Å². The van der Waals surface area contributed by atoms with Crippen LogP contribution in [0.2, 0.25) is 0 Å². The van der Waals surface area contributed by atoms with Gasteiger partial charge in [-0.05, 0) is 53.7 Å². The quantitative estimate of drug-likeness (QED) is 0.0990. The van der Waals surface area contributed by atoms with E-state index >= 15 is 0 Å². The molecular weight excluding hydrogens is 1080 g/mol. The number of rotatable bonds is 10. The summed E-state index contributed by atoms with van der Waals surface area (Å²) in [4.78, 5) is 23.8. The molecule has 9 nitrogen and oxygen atoms in total. The third-order valence-corrected chi connectivity index (χ3v) is 10.8. The smallest absolute Gasteiger partial charge is 0.503 e. The maximum atomic E-state index is 6.44. The SMILES string of the molecule is CC(C)CN1c2ccccc2N(c2cnc(-n3c4[c-]c(Oc5[c-]c(-c6ccccn6)ccc5)ccc4c4ccc(Oc5[c-]c(-c6ccccn6)ccc5)[c-]c43)nc2)c2ccccc21.[Pd+2].[Pt+2]. The van der Waals surface area contributed by atoms with Gasteiger partial charge in [-0.3, -0.25) is 0 Å². The number of hydrogen-bond donors (Lipinski definition) is 0. The molecule has 4 aromatic heterocycles. The minimum Gasteiger partial charge on any atom is -0.503 e. The average molecular weight is 1120 g/mol. The van der Waals surface area contributed by atoms with Gasteiger partial charge in [0, 0.05) is 41.9 Å². The first-order valence-corrected chi connectivity index (χ1v) is 20.8. The van der Waals surface area contributed by atoms with Crippen LogP contribution in [0.15, 0.2) is 170 Å². The van der Waals surface area contributed by atoms with Crippen LogP contribution in [0.1, 0.15) is 13.8 Å². The van der Waals surface area contributed by atoms with E-state index in [0.29, 0.717) is 45.9 Å². The summed E-state index contributed by atoms with van der Waals surface area (Å²) in [7, 11) is 0. The molecule has 1 aliphatic heterocycles. The molecule has 0 radical (unpaired) electrons. The van der Waals surface area contributed by atoms with Gasteiger partial charge in [0.05, 0.1) is 40.8 Å². The molecule has 320 valence electrons. The molecule has 0 fully saturated rings. The van der Waals surface area contributed by atoms with E-state index in [9.17, 15) is 0 Å². The zero-order valence-corrected chi connectivity index (χ0v) is 38.9. The molecule has 0 aliphatic carbocycles. The zero-order valence-electron chi connectivity index (χ0n) is 35.0. The van der Waals surface area contributed by atoms with Crippen molar-refractivity contribution in [2.75, 3.05) is 16.3 Å². The number of benzene rings is 6. The number of nitrogens with zero attached hydrogens (tertiary/aromatic N) is 7. The van der Waals surface area contributed by atoms with Gasteiger partial charge in [-0.15, -0.1) is 71.8 Å². The van der Waals surface area contributed by atoms with E-state index in [2.05, 4.69) is 106 Å². The fourth-order valence-electron chi connectivity index (χ4n) is 8.15. The fraction of sp³-hybridized carbons (Fsp3) is 0.0741. The number of pyridine rings is 2. The topological polar surface area (TPSA) is 81.4 Å². The van der Waals surface area contributed by atoms with Crippen LogP contribution in [0.3, 0.4) is 0 Å². The molecule has 6 aromatic carbocycles. The summed E-state index contributed by atoms with van der Waals surface area (Å²) in [5, 5.41) is 1.85. The Kier molecular flexibility index (Phi) is 12.4. The van der Waals surface area contributed by atoms with Gasteiger partial charge in [0.25, 0.3) is 0 Å². The molecular formula is C54H37N7O2PdPt. The minimum atomic E-state index is 0. The van der Waals surface area contributed by atoms with Gasteiger partial charge < -0.3 is 33.8 Å². The zero-order chi connectivity index (χ0) is 42.3. The molecule has 0 N–H and O–H groups in total. The third-order valence-electron chi connectivity index (χ3n) is 10.8. The van der Waals surface area contributed by atoms with Crippen LogP contribution in [0.25, 0.3) is 50.3 Å². The molecule has 0 atom stereocenters. The van der Waals surface area contributed by atoms with Gasteiger partial charge in [-0.2, -0.15) is 22.9 Å². The predicted molar refractivity (Wildman–Crippen MR) is 248 cm³/mol. The van der Waals surface area contributed by atoms with Crippen molar-refractivity contribution >= 4 is 50.2 Å². The molecule has 5 heterocycles. The van der Waals surface area contributed by atoms with E-state index in [1.54, 1.807) is 12.4 Å². The van der Waals surface area contributed by atoms with Crippen LogP contribution >= 0.6 is 0 Å². The van der Waals surface area contributed by atoms with Gasteiger partial charge in [0.1, 0.15) is 0 Å². The van der Waals surface area contributed by atoms with E-state index < -0.39 is 0 Å². The van der Waals surface area contributed by atoms with Crippen LogP contribution < -0.4 is 19.3 Å². The molecule has 0 spiro atoms. The second kappa shape index (κ2) is 18.6. The van der Waals surface area contributed by atoms with Gasteiger partial charge in [-0.25, -0.2) is 9.97 Å². The maximum Gasteiger partial charge on any atom is 2.00 e. The van der Waals surface area contributed by atoms with Crippen molar-refractivity contribution in [2.45, 2.75) is 13.8 Å². The molecule has 11 heteroatoms. The minimum absolute atomic E-state index is 0. The van der Waals surface area contributed by atoms with E-state index in [0.717, 1.165) is 68.3 Å². The Morgan fingerprint density at radius 2 is 0.954 bits per heavy atom. The monoisotopic (exact) mass is 1120 g/mol. The number of aromatic nitrogens is 5. The van der Waals surface area contributed by atoms with Gasteiger partial charge in [-0.1, -0.05) is 85.5 Å². The van der Waals surface area contributed by atoms with Gasteiger partial charge in [0.2, 0.25) is 5.95 Å². The number of ether oxygens (including phenoxy) is 2. The summed E-state index contributed by atoms with van der Waals surface area (Å²) in [6.45, 7) is 5.38. The average Bonchev–Trinajstić information content (AvgIpc) is 3.65. The van der Waals surface area contributed by atoms with E-state index in [-0.39, 0.29) is 41.5 Å². The Balaban J connectivity index is 0.00000266. The van der Waals surface area contributed by atoms with Crippen molar-refractivity contribution in [3.63, 3.8) is 0 Å². The summed E-state index contributed by atoms with van der Waals surface area (Å²) in [6.07, 6.45) is 7.29. The van der Waals surface area contributed by atoms with Gasteiger partial charge >= 0.3 is 41.5 Å². The molecule has 0 saturated carbocycles. The third kappa shape index (κ3) is 8.45. The number of anilines is 5. The summed E-state index contributed by atoms with van der Waals surface area (Å²) < 4.78 is 14.8. The van der Waals surface area contributed by atoms with Crippen LogP contribution in [0, 0.1) is 30.2 Å². The molecule has 0 unspecified atom stereocenters. The molecule has 0 bridgehead atoms. The Hall–Kier alpha value is -6.95. The van der Waals surface area contributed by atoms with E-state index in [4.69, 9.17) is 19.4 Å². The summed E-state index contributed by atoms with van der Waals surface area (Å²) >= 11 is 0. The first kappa shape index (κ1) is 43.3. The largest absolute Gasteiger partial charge is 2.00 e. The predicted octanol–water partition coefficient (Wildman–Crippen LogP) is 13.1. The number of para-hydroxylation sites is 4. The standard InChI is InChI=1S/C54H37N7O2.Pd.Pt/c1-36(2)35-59-48-19-3-5-21-50(48)60(51-22-6-4-20-49(51)59)39-33-57-54(58-34-39)61-52-31-42(62-40-15-11-13-37(29-40)46-17-7-9-27-55-46)23-25-44(52)45-26-24-43(32-53(45)61)63-41-16-12-14-38(30-41)47-18-8-10-28-56-47;;/h3-28,33-34,36H,35H2,1-2H3;;/q-4;2*+2. The second-order valence-corrected chi connectivity index (χ2v) is 15.6. The first-order valence-electron chi connectivity index (χ1n) is 20.8. The summed E-state index contributed by atoms with van der Waals surface area (Å²) in [5.41, 5.74) is 9.91. The van der Waals surface area contributed by atoms with Crippen LogP contribution in [-0.4, -0.2) is 31.0 Å². The van der Waals surface area contributed by atoms with Crippen LogP contribution in [0.5, 0.6) is 23.0 Å². The summed E-state index contributed by atoms with van der Waals surface area (Å²) in [5.74, 6) is 2.98. The van der Waals surface area contributed by atoms with Crippen LogP contribution in [-0.2, 0) is 41.5 Å². The molecule has 11 rings (SSSR count). The van der Waals surface area contributed by atoms with Crippen LogP contribution in [0.4, 0.5) is 28.4 Å². The molecule has 0 saturated heterocycles. The summed E-state index contributed by atoms with van der Waals surface area (Å²) in [6, 6.07) is 61.8. The molecule has 1 aliphatic rings. The van der Waals surface area contributed by atoms with Crippen molar-refractivity contribution in [1.29, 1.82) is 0 Å². The van der Waals surface area contributed by atoms with Gasteiger partial charge in [0.15, 0.2) is 0 Å². The molecule has 65 heavy (non-hydrogen) atoms. The van der Waals surface area contributed by atoms with Crippen molar-refractivity contribution < 1.29 is 51.0 Å². The van der Waals surface area contributed by atoms with Crippen molar-refractivity contribution in [3.8, 4) is 51.5 Å². The Labute approximate surface area is 405 Å². The fourth-order valence-corrected chi connectivity index (χ4v) is 8.15. The normalized spacial score (nSPS) is 11.7. The molecule has 10 aromatic rings. The van der Waals surface area contributed by atoms with Crippen molar-refractivity contribution in [3.05, 3.63) is 195 Å². The second-order valence-electron chi connectivity index (χ2n) is 15.6. The van der Waals surface area contributed by atoms with Crippen molar-refractivity contribution in [2.24, 2.45) is 5.92 Å². The Morgan fingerprint density at radius 1 is 0.492 bits per heavy atom. The molecule has 0 amide bonds.